The number of ether oxygens (including phenoxy) is 1. The molecule has 0 aromatic carbocycles. The highest BCUT2D eigenvalue weighted by atomic mass is 16.5. The molecule has 1 aliphatic heterocycles. The molecule has 2 heteroatoms. The van der Waals surface area contributed by atoms with E-state index in [9.17, 15) is 4.79 Å². The van der Waals surface area contributed by atoms with Gasteiger partial charge in [-0.2, -0.15) is 0 Å². The zero-order valence-corrected chi connectivity index (χ0v) is 8.59. The molecule has 2 aliphatic carbocycles. The van der Waals surface area contributed by atoms with Gasteiger partial charge in [0, 0.05) is 5.57 Å². The highest BCUT2D eigenvalue weighted by Crippen LogP contribution is 2.32. The van der Waals surface area contributed by atoms with Gasteiger partial charge < -0.3 is 4.74 Å². The first-order chi connectivity index (χ1) is 7.86. The fourth-order valence-corrected chi connectivity index (χ4v) is 2.02. The summed E-state index contributed by atoms with van der Waals surface area (Å²) in [5, 5.41) is 0. The molecule has 1 atom stereocenters. The third-order valence-electron chi connectivity index (χ3n) is 2.78. The molecular formula is C14H10O2. The summed E-state index contributed by atoms with van der Waals surface area (Å²) in [7, 11) is 0. The number of carbonyl (C=O) groups excluding carboxylic acids is 1. The molecule has 3 aliphatic rings. The molecule has 0 radical (unpaired) electrons. The van der Waals surface area contributed by atoms with Gasteiger partial charge in [-0.05, 0) is 17.7 Å². The van der Waals surface area contributed by atoms with Crippen LogP contribution in [-0.4, -0.2) is 12.1 Å². The van der Waals surface area contributed by atoms with E-state index in [4.69, 9.17) is 4.74 Å². The monoisotopic (exact) mass is 210 g/mol. The molecular weight excluding hydrogens is 200 g/mol. The van der Waals surface area contributed by atoms with Crippen LogP contribution in [0.15, 0.2) is 71.4 Å². The Kier molecular flexibility index (Phi) is 2.00. The summed E-state index contributed by atoms with van der Waals surface area (Å²) in [5.74, 6) is -0.250. The average molecular weight is 210 g/mol. The first-order valence-electron chi connectivity index (χ1n) is 5.22. The van der Waals surface area contributed by atoms with E-state index < -0.39 is 0 Å². The quantitative estimate of drug-likeness (QED) is 0.574. The standard InChI is InChI=1S/C14H10O2/c15-14-12-8-3-1-2-6-10(12)11-7-4-5-9-13(11)16-14/h1-9,13H. The molecule has 3 rings (SSSR count). The molecule has 0 N–H and O–H groups in total. The lowest BCUT2D eigenvalue weighted by molar-refractivity contribution is -0.141. The normalized spacial score (nSPS) is 25.9. The summed E-state index contributed by atoms with van der Waals surface area (Å²) >= 11 is 0. The van der Waals surface area contributed by atoms with E-state index in [1.807, 2.05) is 48.6 Å². The van der Waals surface area contributed by atoms with Crippen LogP contribution >= 0.6 is 0 Å². The van der Waals surface area contributed by atoms with Crippen LogP contribution in [0.2, 0.25) is 0 Å². The molecule has 0 spiro atoms. The van der Waals surface area contributed by atoms with E-state index in [-0.39, 0.29) is 12.1 Å². The van der Waals surface area contributed by atoms with Crippen LogP contribution in [0.3, 0.4) is 0 Å². The van der Waals surface area contributed by atoms with E-state index in [1.54, 1.807) is 6.08 Å². The molecule has 0 amide bonds. The Morgan fingerprint density at radius 2 is 1.88 bits per heavy atom. The highest BCUT2D eigenvalue weighted by molar-refractivity contribution is 5.97. The zero-order valence-electron chi connectivity index (χ0n) is 8.59. The maximum Gasteiger partial charge on any atom is 0.339 e. The second kappa shape index (κ2) is 3.49. The van der Waals surface area contributed by atoms with Gasteiger partial charge in [-0.25, -0.2) is 4.79 Å². The smallest absolute Gasteiger partial charge is 0.339 e. The minimum absolute atomic E-state index is 0.229. The topological polar surface area (TPSA) is 26.3 Å². The van der Waals surface area contributed by atoms with Gasteiger partial charge in [0.15, 0.2) is 0 Å². The lowest BCUT2D eigenvalue weighted by Gasteiger charge is -2.26. The zero-order chi connectivity index (χ0) is 11.0. The maximum atomic E-state index is 11.8. The van der Waals surface area contributed by atoms with Crippen molar-refractivity contribution in [3.63, 3.8) is 0 Å². The van der Waals surface area contributed by atoms with Crippen molar-refractivity contribution in [3.05, 3.63) is 71.4 Å². The van der Waals surface area contributed by atoms with Crippen molar-refractivity contribution in [2.24, 2.45) is 0 Å². The molecule has 0 aromatic rings. The third-order valence-corrected chi connectivity index (χ3v) is 2.78. The van der Waals surface area contributed by atoms with Gasteiger partial charge in [0.1, 0.15) is 6.10 Å². The molecule has 1 unspecified atom stereocenters. The van der Waals surface area contributed by atoms with Crippen molar-refractivity contribution < 1.29 is 9.53 Å². The number of hydrogen-bond donors (Lipinski definition) is 0. The van der Waals surface area contributed by atoms with E-state index >= 15 is 0 Å². The van der Waals surface area contributed by atoms with Gasteiger partial charge in [-0.1, -0.05) is 42.5 Å². The molecule has 0 aromatic heterocycles. The van der Waals surface area contributed by atoms with Crippen molar-refractivity contribution in [1.82, 2.24) is 0 Å². The Labute approximate surface area is 93.6 Å². The highest BCUT2D eigenvalue weighted by Gasteiger charge is 2.29. The SMILES string of the molecule is O=C1OC2C=CC=CC2=C2C=CC=CC=C12. The van der Waals surface area contributed by atoms with Crippen LogP contribution in [0.5, 0.6) is 0 Å². The third kappa shape index (κ3) is 1.31. The number of carbonyl (C=O) groups is 1. The molecule has 1 heterocycles. The predicted molar refractivity (Wildman–Crippen MR) is 61.5 cm³/mol. The fourth-order valence-electron chi connectivity index (χ4n) is 2.02. The number of esters is 1. The minimum Gasteiger partial charge on any atom is -0.450 e. The Bertz CT molecular complexity index is 525. The van der Waals surface area contributed by atoms with Crippen LogP contribution < -0.4 is 0 Å². The van der Waals surface area contributed by atoms with Gasteiger partial charge in [-0.3, -0.25) is 0 Å². The summed E-state index contributed by atoms with van der Waals surface area (Å²) in [5.41, 5.74) is 2.65. The van der Waals surface area contributed by atoms with Crippen LogP contribution in [0.4, 0.5) is 0 Å². The summed E-state index contributed by atoms with van der Waals surface area (Å²) in [4.78, 5) is 11.8. The Hall–Kier alpha value is -2.09. The predicted octanol–water partition coefficient (Wildman–Crippen LogP) is 2.39. The van der Waals surface area contributed by atoms with Crippen LogP contribution in [0.1, 0.15) is 0 Å². The molecule has 2 nitrogen and oxygen atoms in total. The van der Waals surface area contributed by atoms with E-state index in [0.717, 1.165) is 11.1 Å². The first kappa shape index (κ1) is 9.16. The van der Waals surface area contributed by atoms with Crippen LogP contribution in [-0.2, 0) is 9.53 Å². The van der Waals surface area contributed by atoms with Crippen molar-refractivity contribution in [2.75, 3.05) is 0 Å². The van der Waals surface area contributed by atoms with Crippen LogP contribution in [0, 0.1) is 0 Å². The first-order valence-corrected chi connectivity index (χ1v) is 5.22. The lowest BCUT2D eigenvalue weighted by Crippen LogP contribution is -2.27. The maximum absolute atomic E-state index is 11.8. The number of rotatable bonds is 0. The molecule has 0 fully saturated rings. The minimum atomic E-state index is -0.250. The second-order valence-electron chi connectivity index (χ2n) is 3.76. The van der Waals surface area contributed by atoms with Gasteiger partial charge in [-0.15, -0.1) is 0 Å². The van der Waals surface area contributed by atoms with Crippen LogP contribution in [0.25, 0.3) is 0 Å². The van der Waals surface area contributed by atoms with Gasteiger partial charge in [0.2, 0.25) is 0 Å². The molecule has 0 saturated heterocycles. The van der Waals surface area contributed by atoms with E-state index in [2.05, 4.69) is 0 Å². The largest absolute Gasteiger partial charge is 0.450 e. The number of fused-ring (bicyclic) bond motifs is 2. The average Bonchev–Trinajstić information content (AvgIpc) is 2.55. The Balaban J connectivity index is 2.22. The van der Waals surface area contributed by atoms with Gasteiger partial charge in [0.25, 0.3) is 0 Å². The van der Waals surface area contributed by atoms with E-state index in [0.29, 0.717) is 5.57 Å². The molecule has 0 saturated carbocycles. The summed E-state index contributed by atoms with van der Waals surface area (Å²) in [6.45, 7) is 0. The molecule has 0 bridgehead atoms. The Morgan fingerprint density at radius 1 is 1.00 bits per heavy atom. The lowest BCUT2D eigenvalue weighted by atomic mass is 9.91. The molecule has 16 heavy (non-hydrogen) atoms. The molecule has 78 valence electrons. The van der Waals surface area contributed by atoms with Crippen molar-refractivity contribution in [2.45, 2.75) is 6.10 Å². The summed E-state index contributed by atoms with van der Waals surface area (Å²) in [6, 6.07) is 0. The van der Waals surface area contributed by atoms with E-state index in [1.165, 1.54) is 0 Å². The second-order valence-corrected chi connectivity index (χ2v) is 3.76. The number of hydrogen-bond acceptors (Lipinski definition) is 2. The van der Waals surface area contributed by atoms with Gasteiger partial charge in [0.05, 0.1) is 5.57 Å². The van der Waals surface area contributed by atoms with Gasteiger partial charge >= 0.3 is 5.97 Å². The van der Waals surface area contributed by atoms with Crippen molar-refractivity contribution in [1.29, 1.82) is 0 Å². The van der Waals surface area contributed by atoms with Crippen molar-refractivity contribution in [3.8, 4) is 0 Å². The fraction of sp³-hybridized carbons (Fsp3) is 0.0714. The summed E-state index contributed by atoms with van der Waals surface area (Å²) in [6.07, 6.45) is 17.0. The summed E-state index contributed by atoms with van der Waals surface area (Å²) < 4.78 is 5.34. The Morgan fingerprint density at radius 3 is 2.81 bits per heavy atom. The van der Waals surface area contributed by atoms with Crippen molar-refractivity contribution >= 4 is 5.97 Å². The number of allylic oxidation sites excluding steroid dienone is 7.